The van der Waals surface area contributed by atoms with Gasteiger partial charge in [0.15, 0.2) is 15.9 Å². The molecule has 0 radical (unpaired) electrons. The van der Waals surface area contributed by atoms with Crippen molar-refractivity contribution in [3.63, 3.8) is 0 Å². The second-order valence-electron chi connectivity index (χ2n) is 5.17. The Kier molecular flexibility index (Phi) is 5.51. The summed E-state index contributed by atoms with van der Waals surface area (Å²) in [4.78, 5) is 11.2. The number of sulfone groups is 1. The lowest BCUT2D eigenvalue weighted by molar-refractivity contribution is -0.144. The Hall–Kier alpha value is -2.05. The highest BCUT2D eigenvalue weighted by Gasteiger charge is 2.17. The Morgan fingerprint density at radius 3 is 2.38 bits per heavy atom. The van der Waals surface area contributed by atoms with Gasteiger partial charge in [0.25, 0.3) is 0 Å². The predicted molar refractivity (Wildman–Crippen MR) is 92.3 cm³/mol. The number of aliphatic carboxylic acids is 1. The maximum absolute atomic E-state index is 11.9. The molecule has 0 aliphatic rings. The lowest BCUT2D eigenvalue weighted by atomic mass is 10.0. The number of carboxylic acid groups (broad SMARTS) is 1. The molecule has 2 aromatic carbocycles. The zero-order valence-electron chi connectivity index (χ0n) is 13.2. The molecule has 0 saturated heterocycles. The molecule has 1 atom stereocenters. The van der Waals surface area contributed by atoms with Crippen molar-refractivity contribution < 1.29 is 23.1 Å². The molecule has 0 spiro atoms. The molecule has 2 aromatic rings. The molecule has 5 nitrogen and oxygen atoms in total. The smallest absolute Gasteiger partial charge is 0.344 e. The topological polar surface area (TPSA) is 80.7 Å². The molecule has 0 fully saturated rings. The van der Waals surface area contributed by atoms with Gasteiger partial charge < -0.3 is 9.84 Å². The van der Waals surface area contributed by atoms with Crippen LogP contribution in [0.2, 0.25) is 5.02 Å². The molecule has 0 bridgehead atoms. The van der Waals surface area contributed by atoms with Gasteiger partial charge in [-0.05, 0) is 42.8 Å². The standard InChI is InChI=1S/C17H17ClO5S/c1-3-24(21,22)14-7-4-12(5-8-14)15-10-13(18)6-9-16(15)23-11(2)17(19)20/h4-11H,3H2,1-2H3,(H,19,20). The van der Waals surface area contributed by atoms with Crippen molar-refractivity contribution in [1.82, 2.24) is 0 Å². The molecule has 0 heterocycles. The highest BCUT2D eigenvalue weighted by Crippen LogP contribution is 2.34. The first-order valence-electron chi connectivity index (χ1n) is 7.27. The zero-order valence-corrected chi connectivity index (χ0v) is 14.8. The number of carbonyl (C=O) groups is 1. The van der Waals surface area contributed by atoms with Crippen molar-refractivity contribution in [3.05, 3.63) is 47.5 Å². The van der Waals surface area contributed by atoms with Gasteiger partial charge in [-0.25, -0.2) is 13.2 Å². The molecule has 2 rings (SSSR count). The van der Waals surface area contributed by atoms with Crippen LogP contribution in [-0.2, 0) is 14.6 Å². The molecule has 128 valence electrons. The van der Waals surface area contributed by atoms with E-state index in [9.17, 15) is 13.2 Å². The Morgan fingerprint density at radius 1 is 1.21 bits per heavy atom. The van der Waals surface area contributed by atoms with Crippen molar-refractivity contribution in [1.29, 1.82) is 0 Å². The molecule has 7 heteroatoms. The zero-order chi connectivity index (χ0) is 17.9. The van der Waals surface area contributed by atoms with Crippen molar-refractivity contribution in [2.45, 2.75) is 24.8 Å². The molecular formula is C17H17ClO5S. The SMILES string of the molecule is CCS(=O)(=O)c1ccc(-c2cc(Cl)ccc2OC(C)C(=O)O)cc1. The average Bonchev–Trinajstić information content (AvgIpc) is 2.56. The fourth-order valence-corrected chi connectivity index (χ4v) is 3.14. The number of ether oxygens (including phenoxy) is 1. The lowest BCUT2D eigenvalue weighted by Crippen LogP contribution is -2.23. The van der Waals surface area contributed by atoms with E-state index in [0.29, 0.717) is 21.9 Å². The van der Waals surface area contributed by atoms with Gasteiger partial charge in [0.1, 0.15) is 5.75 Å². The maximum Gasteiger partial charge on any atom is 0.344 e. The average molecular weight is 369 g/mol. The number of hydrogen-bond acceptors (Lipinski definition) is 4. The fourth-order valence-electron chi connectivity index (χ4n) is 2.08. The van der Waals surface area contributed by atoms with E-state index in [-0.39, 0.29) is 10.6 Å². The van der Waals surface area contributed by atoms with Gasteiger partial charge in [-0.2, -0.15) is 0 Å². The minimum absolute atomic E-state index is 0.0218. The van der Waals surface area contributed by atoms with Gasteiger partial charge in [-0.3, -0.25) is 0 Å². The van der Waals surface area contributed by atoms with Crippen molar-refractivity contribution in [3.8, 4) is 16.9 Å². The summed E-state index contributed by atoms with van der Waals surface area (Å²) < 4.78 is 29.2. The number of halogens is 1. The van der Waals surface area contributed by atoms with Gasteiger partial charge >= 0.3 is 5.97 Å². The number of hydrogen-bond donors (Lipinski definition) is 1. The van der Waals surface area contributed by atoms with Gasteiger partial charge in [-0.15, -0.1) is 0 Å². The van der Waals surface area contributed by atoms with E-state index >= 15 is 0 Å². The molecule has 0 aliphatic carbocycles. The summed E-state index contributed by atoms with van der Waals surface area (Å²) in [6, 6.07) is 11.2. The van der Waals surface area contributed by atoms with Crippen LogP contribution >= 0.6 is 11.6 Å². The first kappa shape index (κ1) is 18.3. The molecule has 0 aromatic heterocycles. The normalized spacial score (nSPS) is 12.6. The predicted octanol–water partition coefficient (Wildman–Crippen LogP) is 3.65. The van der Waals surface area contributed by atoms with Crippen molar-refractivity contribution in [2.75, 3.05) is 5.75 Å². The van der Waals surface area contributed by atoms with Crippen LogP contribution in [-0.4, -0.2) is 31.4 Å². The molecule has 1 N–H and O–H groups in total. The molecule has 24 heavy (non-hydrogen) atoms. The van der Waals surface area contributed by atoms with Crippen LogP contribution in [0.25, 0.3) is 11.1 Å². The van der Waals surface area contributed by atoms with E-state index in [4.69, 9.17) is 21.4 Å². The summed E-state index contributed by atoms with van der Waals surface area (Å²) in [6.07, 6.45) is -1.02. The quantitative estimate of drug-likeness (QED) is 0.841. The van der Waals surface area contributed by atoms with Crippen LogP contribution in [0, 0.1) is 0 Å². The highest BCUT2D eigenvalue weighted by atomic mass is 35.5. The van der Waals surface area contributed by atoms with Gasteiger partial charge in [0, 0.05) is 10.6 Å². The molecular weight excluding hydrogens is 352 g/mol. The van der Waals surface area contributed by atoms with Gasteiger partial charge in [0.2, 0.25) is 0 Å². The van der Waals surface area contributed by atoms with Gasteiger partial charge in [0.05, 0.1) is 10.6 Å². The second-order valence-corrected chi connectivity index (χ2v) is 7.88. The van der Waals surface area contributed by atoms with E-state index in [0.717, 1.165) is 0 Å². The van der Waals surface area contributed by atoms with Crippen LogP contribution in [0.3, 0.4) is 0 Å². The lowest BCUT2D eigenvalue weighted by Gasteiger charge is -2.15. The third-order valence-corrected chi connectivity index (χ3v) is 5.48. The molecule has 0 saturated carbocycles. The third kappa shape index (κ3) is 4.07. The largest absolute Gasteiger partial charge is 0.479 e. The Balaban J connectivity index is 2.44. The van der Waals surface area contributed by atoms with E-state index in [1.165, 1.54) is 19.1 Å². The van der Waals surface area contributed by atoms with Crippen LogP contribution < -0.4 is 4.74 Å². The fraction of sp³-hybridized carbons (Fsp3) is 0.235. The van der Waals surface area contributed by atoms with E-state index in [1.807, 2.05) is 0 Å². The van der Waals surface area contributed by atoms with Crippen LogP contribution in [0.15, 0.2) is 47.4 Å². The Morgan fingerprint density at radius 2 is 1.83 bits per heavy atom. The minimum Gasteiger partial charge on any atom is -0.479 e. The number of carboxylic acids is 1. The first-order chi connectivity index (χ1) is 11.2. The van der Waals surface area contributed by atoms with Crippen molar-refractivity contribution in [2.24, 2.45) is 0 Å². The highest BCUT2D eigenvalue weighted by molar-refractivity contribution is 7.91. The maximum atomic E-state index is 11.9. The number of rotatable bonds is 6. The third-order valence-electron chi connectivity index (χ3n) is 3.50. The Labute approximate surface area is 145 Å². The summed E-state index contributed by atoms with van der Waals surface area (Å²) in [5.41, 5.74) is 1.27. The summed E-state index contributed by atoms with van der Waals surface area (Å²) in [7, 11) is -3.28. The van der Waals surface area contributed by atoms with E-state index in [2.05, 4.69) is 0 Å². The molecule has 0 amide bonds. The van der Waals surface area contributed by atoms with Crippen LogP contribution in [0.1, 0.15) is 13.8 Å². The summed E-state index contributed by atoms with van der Waals surface area (Å²) >= 11 is 6.02. The number of benzene rings is 2. The Bertz CT molecular complexity index is 844. The van der Waals surface area contributed by atoms with E-state index < -0.39 is 21.9 Å². The molecule has 1 unspecified atom stereocenters. The van der Waals surface area contributed by atoms with Crippen LogP contribution in [0.4, 0.5) is 0 Å². The van der Waals surface area contributed by atoms with Crippen molar-refractivity contribution >= 4 is 27.4 Å². The van der Waals surface area contributed by atoms with E-state index in [1.54, 1.807) is 37.3 Å². The summed E-state index contributed by atoms with van der Waals surface area (Å²) in [5.74, 6) is -0.700. The summed E-state index contributed by atoms with van der Waals surface area (Å²) in [6.45, 7) is 3.01. The van der Waals surface area contributed by atoms with Crippen LogP contribution in [0.5, 0.6) is 5.75 Å². The second kappa shape index (κ2) is 7.23. The minimum atomic E-state index is -3.28. The molecule has 0 aliphatic heterocycles. The first-order valence-corrected chi connectivity index (χ1v) is 9.30. The monoisotopic (exact) mass is 368 g/mol. The summed E-state index contributed by atoms with van der Waals surface area (Å²) in [5, 5.41) is 9.46. The van der Waals surface area contributed by atoms with Gasteiger partial charge in [-0.1, -0.05) is 30.7 Å².